The molecule has 0 radical (unpaired) electrons. The summed E-state index contributed by atoms with van der Waals surface area (Å²) in [6.07, 6.45) is 4.76. The molecule has 3 rings (SSSR count). The van der Waals surface area contributed by atoms with Gasteiger partial charge < -0.3 is 9.32 Å². The van der Waals surface area contributed by atoms with Crippen molar-refractivity contribution in [3.05, 3.63) is 54.0 Å². The van der Waals surface area contributed by atoms with Gasteiger partial charge in [-0.2, -0.15) is 0 Å². The molecule has 1 unspecified atom stereocenters. The zero-order valence-corrected chi connectivity index (χ0v) is 11.3. The molecule has 0 saturated heterocycles. The molecule has 0 N–H and O–H groups in total. The molecule has 1 atom stereocenters. The van der Waals surface area contributed by atoms with Gasteiger partial charge in [0.25, 0.3) is 0 Å². The summed E-state index contributed by atoms with van der Waals surface area (Å²) in [6, 6.07) is 10.8. The molecule has 94 valence electrons. The molecule has 0 bridgehead atoms. The molecule has 0 amide bonds. The number of hydrogen-bond donors (Lipinski definition) is 0. The van der Waals surface area contributed by atoms with E-state index in [1.54, 1.807) is 6.26 Å². The Morgan fingerprint density at radius 2 is 2.22 bits per heavy atom. The van der Waals surface area contributed by atoms with E-state index >= 15 is 0 Å². The van der Waals surface area contributed by atoms with Gasteiger partial charge in [0.1, 0.15) is 0 Å². The van der Waals surface area contributed by atoms with E-state index < -0.39 is 0 Å². The Morgan fingerprint density at radius 3 is 3.00 bits per heavy atom. The summed E-state index contributed by atoms with van der Waals surface area (Å²) in [5.74, 6) is 0. The summed E-state index contributed by atoms with van der Waals surface area (Å²) < 4.78 is 5.10. The lowest BCUT2D eigenvalue weighted by atomic mass is 10.1. The summed E-state index contributed by atoms with van der Waals surface area (Å²) in [6.45, 7) is 2.08. The molecule has 3 heteroatoms. The Hall–Kier alpha value is -1.19. The summed E-state index contributed by atoms with van der Waals surface area (Å²) in [5.41, 5.74) is 2.75. The van der Waals surface area contributed by atoms with Crippen LogP contribution in [0.4, 0.5) is 0 Å². The van der Waals surface area contributed by atoms with E-state index in [9.17, 15) is 0 Å². The SMILES string of the molecule is CN(Cc1ccoc1)CC1Cc2ccccc2S1. The maximum absolute atomic E-state index is 5.10. The average molecular weight is 259 g/mol. The van der Waals surface area contributed by atoms with Crippen molar-refractivity contribution in [2.24, 2.45) is 0 Å². The van der Waals surface area contributed by atoms with Crippen LogP contribution in [0.1, 0.15) is 11.1 Å². The first-order chi connectivity index (χ1) is 8.81. The first-order valence-electron chi connectivity index (χ1n) is 6.25. The van der Waals surface area contributed by atoms with Gasteiger partial charge in [-0.25, -0.2) is 0 Å². The van der Waals surface area contributed by atoms with E-state index in [1.807, 2.05) is 24.1 Å². The van der Waals surface area contributed by atoms with Crippen LogP contribution >= 0.6 is 11.8 Å². The highest BCUT2D eigenvalue weighted by Crippen LogP contribution is 2.36. The molecule has 2 nitrogen and oxygen atoms in total. The minimum Gasteiger partial charge on any atom is -0.472 e. The highest BCUT2D eigenvalue weighted by Gasteiger charge is 2.22. The fraction of sp³-hybridized carbons (Fsp3) is 0.333. The number of thioether (sulfide) groups is 1. The van der Waals surface area contributed by atoms with Crippen molar-refractivity contribution in [3.8, 4) is 0 Å². The fourth-order valence-electron chi connectivity index (χ4n) is 2.46. The molecule has 18 heavy (non-hydrogen) atoms. The van der Waals surface area contributed by atoms with E-state index in [1.165, 1.54) is 22.4 Å². The van der Waals surface area contributed by atoms with Gasteiger partial charge in [-0.05, 0) is 31.2 Å². The number of furan rings is 1. The second kappa shape index (κ2) is 5.21. The molecular weight excluding hydrogens is 242 g/mol. The molecule has 2 heterocycles. The van der Waals surface area contributed by atoms with Crippen molar-refractivity contribution in [1.82, 2.24) is 4.90 Å². The van der Waals surface area contributed by atoms with Crippen LogP contribution in [0.15, 0.2) is 52.2 Å². The van der Waals surface area contributed by atoms with Gasteiger partial charge in [-0.15, -0.1) is 11.8 Å². The van der Waals surface area contributed by atoms with Crippen LogP contribution in [-0.2, 0) is 13.0 Å². The van der Waals surface area contributed by atoms with E-state index in [-0.39, 0.29) is 0 Å². The van der Waals surface area contributed by atoms with E-state index in [4.69, 9.17) is 4.42 Å². The fourth-order valence-corrected chi connectivity index (χ4v) is 3.87. The Bertz CT molecular complexity index is 484. The van der Waals surface area contributed by atoms with Crippen molar-refractivity contribution in [3.63, 3.8) is 0 Å². The summed E-state index contributed by atoms with van der Waals surface area (Å²) >= 11 is 2.01. The van der Waals surface area contributed by atoms with Crippen LogP contribution in [0.25, 0.3) is 0 Å². The van der Waals surface area contributed by atoms with E-state index in [0.29, 0.717) is 5.25 Å². The predicted molar refractivity (Wildman–Crippen MR) is 74.8 cm³/mol. The van der Waals surface area contributed by atoms with Crippen molar-refractivity contribution in [2.75, 3.05) is 13.6 Å². The lowest BCUT2D eigenvalue weighted by molar-refractivity contribution is 0.326. The van der Waals surface area contributed by atoms with Gasteiger partial charge in [-0.1, -0.05) is 18.2 Å². The van der Waals surface area contributed by atoms with Crippen LogP contribution in [-0.4, -0.2) is 23.7 Å². The topological polar surface area (TPSA) is 16.4 Å². The summed E-state index contributed by atoms with van der Waals surface area (Å²) in [7, 11) is 2.18. The minimum atomic E-state index is 0.680. The third-order valence-electron chi connectivity index (χ3n) is 3.26. The standard InChI is InChI=1S/C15H17NOS/c1-16(9-12-6-7-17-11-12)10-14-8-13-4-2-3-5-15(13)18-14/h2-7,11,14H,8-10H2,1H3. The third kappa shape index (κ3) is 2.62. The van der Waals surface area contributed by atoms with Crippen molar-refractivity contribution >= 4 is 11.8 Å². The van der Waals surface area contributed by atoms with E-state index in [2.05, 4.69) is 36.2 Å². The Labute approximate surface area is 112 Å². The molecule has 1 aliphatic heterocycles. The average Bonchev–Trinajstić information content (AvgIpc) is 2.96. The smallest absolute Gasteiger partial charge is 0.0947 e. The Morgan fingerprint density at radius 1 is 1.33 bits per heavy atom. The second-order valence-corrected chi connectivity index (χ2v) is 6.22. The first-order valence-corrected chi connectivity index (χ1v) is 7.13. The maximum Gasteiger partial charge on any atom is 0.0947 e. The Balaban J connectivity index is 1.56. The molecule has 1 aromatic carbocycles. The zero-order valence-electron chi connectivity index (χ0n) is 10.5. The molecular formula is C15H17NOS. The summed E-state index contributed by atoms with van der Waals surface area (Å²) in [4.78, 5) is 3.83. The summed E-state index contributed by atoms with van der Waals surface area (Å²) in [5, 5.41) is 0.680. The lowest BCUT2D eigenvalue weighted by Crippen LogP contribution is -2.26. The van der Waals surface area contributed by atoms with Crippen LogP contribution in [0.5, 0.6) is 0 Å². The highest BCUT2D eigenvalue weighted by atomic mass is 32.2. The lowest BCUT2D eigenvalue weighted by Gasteiger charge is -2.19. The molecule has 1 aliphatic rings. The number of fused-ring (bicyclic) bond motifs is 1. The van der Waals surface area contributed by atoms with Crippen LogP contribution in [0.2, 0.25) is 0 Å². The molecule has 0 fully saturated rings. The van der Waals surface area contributed by atoms with Crippen molar-refractivity contribution in [2.45, 2.75) is 23.1 Å². The van der Waals surface area contributed by atoms with Crippen LogP contribution in [0, 0.1) is 0 Å². The first kappa shape index (κ1) is 11.9. The monoisotopic (exact) mass is 259 g/mol. The van der Waals surface area contributed by atoms with Gasteiger partial charge in [-0.3, -0.25) is 0 Å². The molecule has 0 saturated carbocycles. The van der Waals surface area contributed by atoms with Crippen LogP contribution < -0.4 is 0 Å². The van der Waals surface area contributed by atoms with Gasteiger partial charge >= 0.3 is 0 Å². The number of hydrogen-bond acceptors (Lipinski definition) is 3. The normalized spacial score (nSPS) is 18.2. The van der Waals surface area contributed by atoms with Gasteiger partial charge in [0, 0.05) is 28.8 Å². The number of nitrogens with zero attached hydrogens (tertiary/aromatic N) is 1. The Kier molecular flexibility index (Phi) is 3.43. The molecule has 2 aromatic rings. The van der Waals surface area contributed by atoms with Gasteiger partial charge in [0.2, 0.25) is 0 Å². The van der Waals surface area contributed by atoms with Gasteiger partial charge in [0.15, 0.2) is 0 Å². The minimum absolute atomic E-state index is 0.680. The number of rotatable bonds is 4. The quantitative estimate of drug-likeness (QED) is 0.837. The molecule has 0 aliphatic carbocycles. The highest BCUT2D eigenvalue weighted by molar-refractivity contribution is 8.00. The second-order valence-electron chi connectivity index (χ2n) is 4.88. The van der Waals surface area contributed by atoms with Crippen molar-refractivity contribution < 1.29 is 4.42 Å². The molecule has 0 spiro atoms. The van der Waals surface area contributed by atoms with E-state index in [0.717, 1.165) is 13.1 Å². The third-order valence-corrected chi connectivity index (χ3v) is 4.56. The zero-order chi connectivity index (χ0) is 12.4. The molecule has 1 aromatic heterocycles. The predicted octanol–water partition coefficient (Wildman–Crippen LogP) is 3.43. The van der Waals surface area contributed by atoms with Gasteiger partial charge in [0.05, 0.1) is 12.5 Å². The largest absolute Gasteiger partial charge is 0.472 e. The number of benzene rings is 1. The van der Waals surface area contributed by atoms with Crippen LogP contribution in [0.3, 0.4) is 0 Å². The maximum atomic E-state index is 5.10. The van der Waals surface area contributed by atoms with Crippen molar-refractivity contribution in [1.29, 1.82) is 0 Å².